The molecule has 3 heterocycles. The van der Waals surface area contributed by atoms with Gasteiger partial charge in [0.15, 0.2) is 0 Å². The summed E-state index contributed by atoms with van der Waals surface area (Å²) in [6.07, 6.45) is -4.49. The summed E-state index contributed by atoms with van der Waals surface area (Å²) in [6, 6.07) is -1.44. The summed E-state index contributed by atoms with van der Waals surface area (Å²) in [7, 11) is 0. The van der Waals surface area contributed by atoms with E-state index < -0.39 is 53.4 Å². The van der Waals surface area contributed by atoms with Gasteiger partial charge in [0.05, 0.1) is 10.1 Å². The zero-order valence-electron chi connectivity index (χ0n) is 20.7. The molecule has 37 heavy (non-hydrogen) atoms. The van der Waals surface area contributed by atoms with Gasteiger partial charge in [0.2, 0.25) is 17.7 Å². The van der Waals surface area contributed by atoms with Crippen LogP contribution in [-0.2, 0) is 19.2 Å². The van der Waals surface area contributed by atoms with E-state index in [9.17, 15) is 37.6 Å². The number of fused-ring (bicyclic) bond motifs is 3. The lowest BCUT2D eigenvalue weighted by atomic mass is 9.85. The number of carbonyl (C=O) groups is 4. The molecule has 0 aromatic rings. The van der Waals surface area contributed by atoms with Crippen LogP contribution in [-0.4, -0.2) is 81.5 Å². The Kier molecular flexibility index (Phi) is 7.44. The maximum atomic E-state index is 13.6. The lowest BCUT2D eigenvalue weighted by molar-refractivity contribution is -0.176. The zero-order chi connectivity index (χ0) is 27.3. The van der Waals surface area contributed by atoms with Gasteiger partial charge in [-0.1, -0.05) is 20.8 Å². The molecule has 0 radical (unpaired) electrons. The van der Waals surface area contributed by atoms with Crippen molar-refractivity contribution >= 4 is 47.2 Å². The Bertz CT molecular complexity index is 1020. The van der Waals surface area contributed by atoms with Crippen molar-refractivity contribution in [2.45, 2.75) is 62.0 Å². The maximum absolute atomic E-state index is 13.6. The quantitative estimate of drug-likeness (QED) is 0.445. The topological polar surface area (TPSA) is 131 Å². The molecule has 3 aliphatic heterocycles. The third-order valence-electron chi connectivity index (χ3n) is 7.47. The van der Waals surface area contributed by atoms with Crippen LogP contribution >= 0.6 is 23.5 Å². The molecule has 9 nitrogen and oxygen atoms in total. The highest BCUT2D eigenvalue weighted by molar-refractivity contribution is 8.21. The van der Waals surface area contributed by atoms with Crippen molar-refractivity contribution in [2.75, 3.05) is 24.6 Å². The third kappa shape index (κ3) is 5.26. The number of hydrogen-bond donors (Lipinski definition) is 3. The van der Waals surface area contributed by atoms with E-state index in [1.807, 2.05) is 11.4 Å². The van der Waals surface area contributed by atoms with Crippen LogP contribution < -0.4 is 16.0 Å². The highest BCUT2D eigenvalue weighted by Gasteiger charge is 2.76. The van der Waals surface area contributed by atoms with E-state index in [0.29, 0.717) is 13.0 Å². The molecule has 4 aliphatic rings. The van der Waals surface area contributed by atoms with E-state index in [1.165, 1.54) is 4.90 Å². The lowest BCUT2D eigenvalue weighted by Crippen LogP contribution is -2.61. The molecule has 4 amide bonds. The second kappa shape index (κ2) is 9.87. The van der Waals surface area contributed by atoms with Crippen LogP contribution in [0.15, 0.2) is 0 Å². The van der Waals surface area contributed by atoms with Crippen LogP contribution in [0.1, 0.15) is 33.6 Å². The van der Waals surface area contributed by atoms with Gasteiger partial charge in [0, 0.05) is 42.3 Å². The smallest absolute Gasteiger partial charge is 0.356 e. The second-order valence-corrected chi connectivity index (χ2v) is 14.0. The average molecular weight is 562 g/mol. The number of amides is 4. The van der Waals surface area contributed by atoms with Crippen molar-refractivity contribution in [3.05, 3.63) is 0 Å². The number of rotatable bonds is 6. The number of alkyl halides is 3. The van der Waals surface area contributed by atoms with E-state index in [0.717, 1.165) is 11.5 Å². The zero-order valence-corrected chi connectivity index (χ0v) is 22.3. The summed E-state index contributed by atoms with van der Waals surface area (Å²) in [4.78, 5) is 52.2. The molecule has 204 valence electrons. The van der Waals surface area contributed by atoms with Gasteiger partial charge < -0.3 is 20.9 Å². The first-order valence-corrected chi connectivity index (χ1v) is 14.1. The predicted molar refractivity (Wildman–Crippen MR) is 131 cm³/mol. The first kappa shape index (κ1) is 27.9. The number of nitrogens with one attached hydrogen (secondary N) is 3. The lowest BCUT2D eigenvalue weighted by Gasteiger charge is -2.38. The molecule has 3 N–H and O–H groups in total. The fourth-order valence-electron chi connectivity index (χ4n) is 5.60. The molecule has 0 aromatic carbocycles. The number of halogens is 3. The monoisotopic (exact) mass is 561 g/mol. The molecule has 14 heteroatoms. The Balaban J connectivity index is 1.56. The number of hydrogen-bond acceptors (Lipinski definition) is 7. The minimum absolute atomic E-state index is 0.0234. The molecule has 1 spiro atoms. The molecular formula is C23H30F3N5O4S2. The predicted octanol–water partition coefficient (Wildman–Crippen LogP) is 1.25. The molecule has 0 bridgehead atoms. The van der Waals surface area contributed by atoms with Crippen molar-refractivity contribution in [1.29, 1.82) is 5.26 Å². The summed E-state index contributed by atoms with van der Waals surface area (Å²) in [5.74, 6) is -2.59. The average Bonchev–Trinajstić information content (AvgIpc) is 3.27. The molecule has 1 aliphatic carbocycles. The van der Waals surface area contributed by atoms with Gasteiger partial charge in [-0.25, -0.2) is 0 Å². The van der Waals surface area contributed by atoms with Crippen molar-refractivity contribution in [3.63, 3.8) is 0 Å². The number of nitrogens with zero attached hydrogens (tertiary/aromatic N) is 2. The number of likely N-dealkylation sites (tertiary alicyclic amines) is 1. The van der Waals surface area contributed by atoms with E-state index in [1.54, 1.807) is 44.3 Å². The Hall–Kier alpha value is -2.14. The third-order valence-corrected chi connectivity index (χ3v) is 11.3. The minimum Gasteiger partial charge on any atom is -0.356 e. The van der Waals surface area contributed by atoms with Crippen LogP contribution in [0.3, 0.4) is 0 Å². The van der Waals surface area contributed by atoms with Crippen LogP contribution in [0.2, 0.25) is 0 Å². The Morgan fingerprint density at radius 3 is 2.38 bits per heavy atom. The molecule has 4 rings (SSSR count). The Morgan fingerprint density at radius 1 is 1.22 bits per heavy atom. The van der Waals surface area contributed by atoms with Crippen molar-refractivity contribution in [2.24, 2.45) is 23.2 Å². The van der Waals surface area contributed by atoms with Gasteiger partial charge in [-0.15, -0.1) is 23.5 Å². The molecule has 0 aromatic heterocycles. The molecule has 3 saturated heterocycles. The van der Waals surface area contributed by atoms with E-state index in [2.05, 4.69) is 10.6 Å². The summed E-state index contributed by atoms with van der Waals surface area (Å²) < 4.78 is 38.8. The largest absolute Gasteiger partial charge is 0.471 e. The summed E-state index contributed by atoms with van der Waals surface area (Å²) in [6.45, 7) is 5.30. The fraction of sp³-hybridized carbons (Fsp3) is 0.783. The van der Waals surface area contributed by atoms with Gasteiger partial charge >= 0.3 is 12.1 Å². The molecule has 0 unspecified atom stereocenters. The Labute approximate surface area is 221 Å². The van der Waals surface area contributed by atoms with Crippen molar-refractivity contribution in [1.82, 2.24) is 20.9 Å². The van der Waals surface area contributed by atoms with Gasteiger partial charge in [-0.2, -0.15) is 18.4 Å². The number of nitriles is 1. The van der Waals surface area contributed by atoms with Gasteiger partial charge in [0.1, 0.15) is 18.1 Å². The molecule has 6 atom stereocenters. The highest BCUT2D eigenvalue weighted by atomic mass is 32.2. The SMILES string of the molecule is CC(C)(C)[C@H](NC(=O)C(F)(F)F)C(=O)N1C[C@H]2[C@@H]([C@H]1C(=O)N[C@H](C#N)C[C@@H]1CCNC1=O)C21SCCS1. The first-order valence-electron chi connectivity index (χ1n) is 12.1. The van der Waals surface area contributed by atoms with Crippen molar-refractivity contribution in [3.8, 4) is 6.07 Å². The molecule has 1 saturated carbocycles. The number of carbonyl (C=O) groups excluding carboxylic acids is 4. The second-order valence-electron chi connectivity index (χ2n) is 11.0. The van der Waals surface area contributed by atoms with E-state index in [-0.39, 0.29) is 34.8 Å². The maximum Gasteiger partial charge on any atom is 0.471 e. The van der Waals surface area contributed by atoms with Crippen LogP contribution in [0.4, 0.5) is 13.2 Å². The van der Waals surface area contributed by atoms with E-state index >= 15 is 0 Å². The highest BCUT2D eigenvalue weighted by Crippen LogP contribution is 2.73. The first-order chi connectivity index (χ1) is 17.2. The van der Waals surface area contributed by atoms with Gasteiger partial charge in [0.25, 0.3) is 0 Å². The standard InChI is InChI=1S/C23H30F3N5O4S2/c1-21(2,3)16(30-20(35)23(24,25)26)19(34)31-10-13-14(22(13)36-6-7-37-22)15(31)18(33)29-12(9-27)8-11-4-5-28-17(11)32/h11-16H,4-8,10H2,1-3H3,(H,28,32)(H,29,33)(H,30,35)/t11-,12-,13-,14-,15-,16+/m0/s1. The van der Waals surface area contributed by atoms with E-state index in [4.69, 9.17) is 0 Å². The molecular weight excluding hydrogens is 531 g/mol. The normalized spacial score (nSPS) is 29.8. The van der Waals surface area contributed by atoms with Crippen LogP contribution in [0.5, 0.6) is 0 Å². The van der Waals surface area contributed by atoms with Gasteiger partial charge in [-0.3, -0.25) is 19.2 Å². The van der Waals surface area contributed by atoms with Gasteiger partial charge in [-0.05, 0) is 18.3 Å². The Morgan fingerprint density at radius 2 is 1.86 bits per heavy atom. The number of thioether (sulfide) groups is 2. The minimum atomic E-state index is -5.17. The van der Waals surface area contributed by atoms with Crippen LogP contribution in [0.25, 0.3) is 0 Å². The van der Waals surface area contributed by atoms with Crippen LogP contribution in [0, 0.1) is 34.5 Å². The molecule has 4 fully saturated rings. The summed E-state index contributed by atoms with van der Waals surface area (Å²) >= 11 is 3.45. The fourth-order valence-corrected chi connectivity index (χ4v) is 9.44. The summed E-state index contributed by atoms with van der Waals surface area (Å²) in [5.41, 5.74) is -1.06. The van der Waals surface area contributed by atoms with Crippen molar-refractivity contribution < 1.29 is 32.3 Å². The number of piperidine rings is 1. The summed E-state index contributed by atoms with van der Waals surface area (Å²) in [5, 5.41) is 16.9.